The maximum atomic E-state index is 5.76. The predicted octanol–water partition coefficient (Wildman–Crippen LogP) is 2.49. The number of anilines is 2. The first-order chi connectivity index (χ1) is 7.65. The Labute approximate surface area is 97.6 Å². The summed E-state index contributed by atoms with van der Waals surface area (Å²) in [7, 11) is 0. The fourth-order valence-corrected chi connectivity index (χ4v) is 1.25. The summed E-state index contributed by atoms with van der Waals surface area (Å²) in [6.07, 6.45) is 0. The van der Waals surface area contributed by atoms with E-state index in [0.717, 1.165) is 5.69 Å². The average Bonchev–Trinajstić information content (AvgIpc) is 2.70. The zero-order chi connectivity index (χ0) is 11.5. The average molecular weight is 239 g/mol. The Kier molecular flexibility index (Phi) is 3.07. The second-order valence-corrected chi connectivity index (χ2v) is 3.80. The number of halogens is 1. The number of nitrogens with zero attached hydrogens (tertiary/aromatic N) is 2. The molecule has 3 N–H and O–H groups in total. The molecule has 0 saturated heterocycles. The topological polar surface area (TPSA) is 77.0 Å². The van der Waals surface area contributed by atoms with Crippen LogP contribution < -0.4 is 11.1 Å². The van der Waals surface area contributed by atoms with Crippen LogP contribution in [0.4, 0.5) is 11.7 Å². The molecule has 5 nitrogen and oxygen atoms in total. The summed E-state index contributed by atoms with van der Waals surface area (Å²) in [5.41, 5.74) is 6.42. The number of hydrogen-bond donors (Lipinski definition) is 2. The molecule has 16 heavy (non-hydrogen) atoms. The van der Waals surface area contributed by atoms with Gasteiger partial charge in [0.05, 0.1) is 6.04 Å². The highest BCUT2D eigenvalue weighted by molar-refractivity contribution is 6.30. The third kappa shape index (κ3) is 2.50. The Morgan fingerprint density at radius 3 is 2.56 bits per heavy atom. The standard InChI is InChI=1S/C10H11ClN4O/c1-6(12)9-14-15-10(16-9)13-8-4-2-7(11)3-5-8/h2-6H,12H2,1H3,(H,13,15). The smallest absolute Gasteiger partial charge is 0.320 e. The molecule has 1 heterocycles. The Bertz CT molecular complexity index is 466. The number of benzene rings is 1. The van der Waals surface area contributed by atoms with Crippen LogP contribution in [0.3, 0.4) is 0 Å². The van der Waals surface area contributed by atoms with Crippen LogP contribution in [-0.4, -0.2) is 10.2 Å². The molecule has 0 aliphatic heterocycles. The van der Waals surface area contributed by atoms with Gasteiger partial charge < -0.3 is 15.5 Å². The molecule has 1 atom stereocenters. The summed E-state index contributed by atoms with van der Waals surface area (Å²) in [6.45, 7) is 1.78. The monoisotopic (exact) mass is 238 g/mol. The van der Waals surface area contributed by atoms with E-state index < -0.39 is 0 Å². The molecule has 0 aliphatic carbocycles. The first-order valence-corrected chi connectivity index (χ1v) is 5.14. The van der Waals surface area contributed by atoms with Crippen molar-refractivity contribution < 1.29 is 4.42 Å². The molecular weight excluding hydrogens is 228 g/mol. The van der Waals surface area contributed by atoms with Crippen molar-refractivity contribution in [3.63, 3.8) is 0 Å². The van der Waals surface area contributed by atoms with Crippen LogP contribution in [0.15, 0.2) is 28.7 Å². The van der Waals surface area contributed by atoms with Crippen LogP contribution in [0.1, 0.15) is 18.9 Å². The van der Waals surface area contributed by atoms with E-state index >= 15 is 0 Å². The zero-order valence-corrected chi connectivity index (χ0v) is 9.40. The van der Waals surface area contributed by atoms with Crippen molar-refractivity contribution in [3.05, 3.63) is 35.2 Å². The van der Waals surface area contributed by atoms with Gasteiger partial charge in [-0.25, -0.2) is 0 Å². The van der Waals surface area contributed by atoms with E-state index in [1.54, 1.807) is 19.1 Å². The summed E-state index contributed by atoms with van der Waals surface area (Å²) in [5.74, 6) is 0.400. The van der Waals surface area contributed by atoms with Crippen LogP contribution >= 0.6 is 11.6 Å². The lowest BCUT2D eigenvalue weighted by atomic mass is 10.3. The number of rotatable bonds is 3. The van der Waals surface area contributed by atoms with E-state index in [4.69, 9.17) is 21.8 Å². The Morgan fingerprint density at radius 1 is 1.31 bits per heavy atom. The molecule has 1 aromatic heterocycles. The normalized spacial score (nSPS) is 12.4. The molecule has 2 aromatic rings. The van der Waals surface area contributed by atoms with E-state index in [9.17, 15) is 0 Å². The highest BCUT2D eigenvalue weighted by Gasteiger charge is 2.09. The van der Waals surface area contributed by atoms with Crippen molar-refractivity contribution in [1.29, 1.82) is 0 Å². The van der Waals surface area contributed by atoms with E-state index in [1.807, 2.05) is 12.1 Å². The second kappa shape index (κ2) is 4.51. The van der Waals surface area contributed by atoms with Gasteiger partial charge in [0, 0.05) is 10.7 Å². The van der Waals surface area contributed by atoms with Crippen molar-refractivity contribution in [2.75, 3.05) is 5.32 Å². The molecule has 0 spiro atoms. The minimum Gasteiger partial charge on any atom is -0.406 e. The molecule has 0 bridgehead atoms. The lowest BCUT2D eigenvalue weighted by Crippen LogP contribution is -2.04. The largest absolute Gasteiger partial charge is 0.406 e. The van der Waals surface area contributed by atoms with Gasteiger partial charge in [-0.1, -0.05) is 16.7 Å². The SMILES string of the molecule is CC(N)c1nnc(Nc2ccc(Cl)cc2)o1. The van der Waals surface area contributed by atoms with Gasteiger partial charge in [0.15, 0.2) is 0 Å². The highest BCUT2D eigenvalue weighted by atomic mass is 35.5. The van der Waals surface area contributed by atoms with Gasteiger partial charge in [-0.2, -0.15) is 0 Å². The number of aromatic nitrogens is 2. The van der Waals surface area contributed by atoms with Gasteiger partial charge in [-0.15, -0.1) is 5.10 Å². The van der Waals surface area contributed by atoms with Crippen molar-refractivity contribution in [2.24, 2.45) is 5.73 Å². The van der Waals surface area contributed by atoms with Crippen molar-refractivity contribution in [1.82, 2.24) is 10.2 Å². The van der Waals surface area contributed by atoms with Gasteiger partial charge >= 0.3 is 6.01 Å². The summed E-state index contributed by atoms with van der Waals surface area (Å²) in [6, 6.07) is 7.22. The van der Waals surface area contributed by atoms with E-state index in [-0.39, 0.29) is 6.04 Å². The number of nitrogens with two attached hydrogens (primary N) is 1. The molecule has 1 aromatic carbocycles. The van der Waals surface area contributed by atoms with Crippen molar-refractivity contribution in [2.45, 2.75) is 13.0 Å². The van der Waals surface area contributed by atoms with Gasteiger partial charge in [0.1, 0.15) is 0 Å². The molecule has 2 rings (SSSR count). The minimum atomic E-state index is -0.270. The number of nitrogens with one attached hydrogen (secondary N) is 1. The van der Waals surface area contributed by atoms with Crippen LogP contribution in [0.2, 0.25) is 5.02 Å². The van der Waals surface area contributed by atoms with Crippen LogP contribution in [0.25, 0.3) is 0 Å². The van der Waals surface area contributed by atoms with E-state index in [0.29, 0.717) is 16.9 Å². The predicted molar refractivity (Wildman–Crippen MR) is 61.6 cm³/mol. The quantitative estimate of drug-likeness (QED) is 0.859. The zero-order valence-electron chi connectivity index (χ0n) is 8.64. The molecular formula is C10H11ClN4O. The van der Waals surface area contributed by atoms with E-state index in [2.05, 4.69) is 15.5 Å². The van der Waals surface area contributed by atoms with Gasteiger partial charge in [0.2, 0.25) is 5.89 Å². The Balaban J connectivity index is 2.11. The van der Waals surface area contributed by atoms with Gasteiger partial charge in [-0.05, 0) is 31.2 Å². The summed E-state index contributed by atoms with van der Waals surface area (Å²) < 4.78 is 5.29. The first kappa shape index (κ1) is 10.9. The summed E-state index contributed by atoms with van der Waals surface area (Å²) >= 11 is 5.76. The van der Waals surface area contributed by atoms with Crippen LogP contribution in [-0.2, 0) is 0 Å². The second-order valence-electron chi connectivity index (χ2n) is 3.37. The van der Waals surface area contributed by atoms with E-state index in [1.165, 1.54) is 0 Å². The molecule has 1 unspecified atom stereocenters. The molecule has 0 radical (unpaired) electrons. The van der Waals surface area contributed by atoms with Crippen LogP contribution in [0, 0.1) is 0 Å². The van der Waals surface area contributed by atoms with Crippen LogP contribution in [0.5, 0.6) is 0 Å². The third-order valence-electron chi connectivity index (χ3n) is 1.93. The molecule has 0 fully saturated rings. The minimum absolute atomic E-state index is 0.270. The Hall–Kier alpha value is -1.59. The lowest BCUT2D eigenvalue weighted by Gasteiger charge is -2.00. The fraction of sp³-hybridized carbons (Fsp3) is 0.200. The third-order valence-corrected chi connectivity index (χ3v) is 2.18. The van der Waals surface area contributed by atoms with Gasteiger partial charge in [0.25, 0.3) is 0 Å². The lowest BCUT2D eigenvalue weighted by molar-refractivity contribution is 0.475. The van der Waals surface area contributed by atoms with Gasteiger partial charge in [-0.3, -0.25) is 0 Å². The summed E-state index contributed by atoms with van der Waals surface area (Å²) in [4.78, 5) is 0. The number of hydrogen-bond acceptors (Lipinski definition) is 5. The molecule has 84 valence electrons. The summed E-state index contributed by atoms with van der Waals surface area (Å²) in [5, 5.41) is 11.2. The van der Waals surface area contributed by atoms with Crippen molar-refractivity contribution in [3.8, 4) is 0 Å². The molecule has 0 aliphatic rings. The Morgan fingerprint density at radius 2 is 2.00 bits per heavy atom. The first-order valence-electron chi connectivity index (χ1n) is 4.77. The molecule has 0 saturated carbocycles. The molecule has 0 amide bonds. The molecule has 6 heteroatoms. The maximum absolute atomic E-state index is 5.76. The maximum Gasteiger partial charge on any atom is 0.320 e. The highest BCUT2D eigenvalue weighted by Crippen LogP contribution is 2.19. The van der Waals surface area contributed by atoms with Crippen molar-refractivity contribution >= 4 is 23.3 Å². The fourth-order valence-electron chi connectivity index (χ4n) is 1.13.